The highest BCUT2D eigenvalue weighted by Gasteiger charge is 2.47. The third kappa shape index (κ3) is 1.33. The van der Waals surface area contributed by atoms with Crippen LogP contribution in [0.4, 0.5) is 0 Å². The lowest BCUT2D eigenvalue weighted by molar-refractivity contribution is -0.147. The fraction of sp³-hybridized carbons (Fsp3) is 0.417. The number of aliphatic carboxylic acids is 1. The molecule has 86 valence electrons. The summed E-state index contributed by atoms with van der Waals surface area (Å²) in [5.74, 6) is -1.05. The Morgan fingerprint density at radius 1 is 1.25 bits per heavy atom. The molecule has 0 aliphatic heterocycles. The molecule has 0 saturated heterocycles. The van der Waals surface area contributed by atoms with Crippen molar-refractivity contribution in [2.75, 3.05) is 0 Å². The van der Waals surface area contributed by atoms with E-state index in [1.165, 1.54) is 6.07 Å². The minimum Gasteiger partial charge on any atom is -0.508 e. The van der Waals surface area contributed by atoms with Crippen LogP contribution in [0.3, 0.4) is 0 Å². The van der Waals surface area contributed by atoms with Crippen molar-refractivity contribution in [3.05, 3.63) is 23.3 Å². The third-order valence-corrected chi connectivity index (χ3v) is 3.45. The second kappa shape index (κ2) is 3.40. The van der Waals surface area contributed by atoms with Crippen molar-refractivity contribution in [3.8, 4) is 11.5 Å². The lowest BCUT2D eigenvalue weighted by Gasteiger charge is -2.38. The van der Waals surface area contributed by atoms with Crippen molar-refractivity contribution in [2.24, 2.45) is 0 Å². The molecule has 4 nitrogen and oxygen atoms in total. The summed E-state index contributed by atoms with van der Waals surface area (Å²) in [5.41, 5.74) is 0.0459. The number of hydrogen-bond donors (Lipinski definition) is 3. The van der Waals surface area contributed by atoms with E-state index in [0.717, 1.165) is 6.42 Å². The quantitative estimate of drug-likeness (QED) is 0.714. The Labute approximate surface area is 93.2 Å². The number of aromatic hydroxyl groups is 2. The van der Waals surface area contributed by atoms with Gasteiger partial charge in [-0.1, -0.05) is 6.42 Å². The maximum Gasteiger partial charge on any atom is 0.314 e. The Bertz CT molecular complexity index is 447. The molecule has 1 aliphatic rings. The fourth-order valence-corrected chi connectivity index (χ4v) is 2.20. The minimum absolute atomic E-state index is 0.0129. The van der Waals surface area contributed by atoms with Gasteiger partial charge in [-0.25, -0.2) is 0 Å². The van der Waals surface area contributed by atoms with Gasteiger partial charge >= 0.3 is 5.97 Å². The average Bonchev–Trinajstić information content (AvgIpc) is 2.11. The molecule has 1 aromatic rings. The smallest absolute Gasteiger partial charge is 0.314 e. The van der Waals surface area contributed by atoms with Gasteiger partial charge in [0.2, 0.25) is 0 Å². The molecule has 0 bridgehead atoms. The molecule has 0 unspecified atom stereocenters. The predicted molar refractivity (Wildman–Crippen MR) is 57.7 cm³/mol. The first-order chi connectivity index (χ1) is 7.47. The summed E-state index contributed by atoms with van der Waals surface area (Å²) in [5, 5.41) is 28.4. The molecule has 1 aliphatic carbocycles. The van der Waals surface area contributed by atoms with Crippen molar-refractivity contribution in [3.63, 3.8) is 0 Å². The van der Waals surface area contributed by atoms with Crippen LogP contribution in [0.1, 0.15) is 30.4 Å². The van der Waals surface area contributed by atoms with Gasteiger partial charge in [0.05, 0.1) is 5.41 Å². The van der Waals surface area contributed by atoms with Crippen LogP contribution < -0.4 is 0 Å². The maximum atomic E-state index is 11.3. The first-order valence-electron chi connectivity index (χ1n) is 5.24. The van der Waals surface area contributed by atoms with Gasteiger partial charge in [0.1, 0.15) is 11.5 Å². The minimum atomic E-state index is -0.956. The number of carboxylic acids is 1. The molecule has 0 aromatic heterocycles. The number of benzene rings is 1. The lowest BCUT2D eigenvalue weighted by atomic mass is 9.64. The summed E-state index contributed by atoms with van der Waals surface area (Å²) in [6, 6.07) is 2.78. The highest BCUT2D eigenvalue weighted by atomic mass is 16.4. The second-order valence-corrected chi connectivity index (χ2v) is 4.40. The molecule has 1 fully saturated rings. The molecule has 0 amide bonds. The van der Waals surface area contributed by atoms with Gasteiger partial charge in [-0.2, -0.15) is 0 Å². The van der Waals surface area contributed by atoms with E-state index in [9.17, 15) is 20.1 Å². The van der Waals surface area contributed by atoms with E-state index >= 15 is 0 Å². The number of hydrogen-bond acceptors (Lipinski definition) is 3. The SMILES string of the molecule is Cc1cc(C2(C(=O)O)CCC2)c(O)cc1O. The summed E-state index contributed by atoms with van der Waals surface area (Å²) in [4.78, 5) is 11.3. The molecular formula is C12H14O4. The predicted octanol–water partition coefficient (Wildman–Crippen LogP) is 1.91. The van der Waals surface area contributed by atoms with Crippen LogP contribution in [0, 0.1) is 6.92 Å². The summed E-state index contributed by atoms with van der Waals surface area (Å²) in [6.45, 7) is 1.69. The first kappa shape index (κ1) is 10.8. The number of carbonyl (C=O) groups is 1. The summed E-state index contributed by atoms with van der Waals surface area (Å²) < 4.78 is 0. The van der Waals surface area contributed by atoms with Crippen LogP contribution in [-0.4, -0.2) is 21.3 Å². The van der Waals surface area contributed by atoms with E-state index in [4.69, 9.17) is 0 Å². The zero-order chi connectivity index (χ0) is 11.9. The molecule has 4 heteroatoms. The number of phenolic OH excluding ortho intramolecular Hbond substituents is 2. The van der Waals surface area contributed by atoms with E-state index < -0.39 is 11.4 Å². The first-order valence-corrected chi connectivity index (χ1v) is 5.24. The Morgan fingerprint density at radius 3 is 2.31 bits per heavy atom. The van der Waals surface area contributed by atoms with Crippen molar-refractivity contribution in [1.29, 1.82) is 0 Å². The Morgan fingerprint density at radius 2 is 1.88 bits per heavy atom. The van der Waals surface area contributed by atoms with Gasteiger partial charge < -0.3 is 15.3 Å². The zero-order valence-electron chi connectivity index (χ0n) is 9.03. The molecule has 0 spiro atoms. The molecule has 1 saturated carbocycles. The summed E-state index contributed by atoms with van der Waals surface area (Å²) in [7, 11) is 0. The van der Waals surface area contributed by atoms with Gasteiger partial charge in [-0.15, -0.1) is 0 Å². The summed E-state index contributed by atoms with van der Waals surface area (Å²) >= 11 is 0. The van der Waals surface area contributed by atoms with Crippen molar-refractivity contribution >= 4 is 5.97 Å². The largest absolute Gasteiger partial charge is 0.508 e. The van der Waals surface area contributed by atoms with Crippen molar-refractivity contribution < 1.29 is 20.1 Å². The number of phenols is 2. The van der Waals surface area contributed by atoms with Crippen LogP contribution in [-0.2, 0) is 10.2 Å². The number of aryl methyl sites for hydroxylation is 1. The number of rotatable bonds is 2. The van der Waals surface area contributed by atoms with Gasteiger partial charge in [-0.3, -0.25) is 4.79 Å². The van der Waals surface area contributed by atoms with Gasteiger partial charge in [0.25, 0.3) is 0 Å². The van der Waals surface area contributed by atoms with Crippen LogP contribution in [0.2, 0.25) is 0 Å². The third-order valence-electron chi connectivity index (χ3n) is 3.45. The molecule has 0 heterocycles. The standard InChI is InChI=1S/C12H14O4/c1-7-5-8(10(14)6-9(7)13)12(11(15)16)3-2-4-12/h5-6,13-14H,2-4H2,1H3,(H,15,16). The van der Waals surface area contributed by atoms with E-state index in [-0.39, 0.29) is 11.5 Å². The highest BCUT2D eigenvalue weighted by molar-refractivity contribution is 5.84. The van der Waals surface area contributed by atoms with E-state index in [1.807, 2.05) is 0 Å². The van der Waals surface area contributed by atoms with E-state index in [0.29, 0.717) is 24.0 Å². The zero-order valence-corrected chi connectivity index (χ0v) is 9.03. The summed E-state index contributed by atoms with van der Waals surface area (Å²) in [6.07, 6.45) is 1.94. The van der Waals surface area contributed by atoms with Gasteiger partial charge in [0.15, 0.2) is 0 Å². The van der Waals surface area contributed by atoms with E-state index in [1.54, 1.807) is 13.0 Å². The van der Waals surface area contributed by atoms with Crippen LogP contribution in [0.5, 0.6) is 11.5 Å². The molecule has 16 heavy (non-hydrogen) atoms. The molecule has 2 rings (SSSR count). The fourth-order valence-electron chi connectivity index (χ4n) is 2.20. The monoisotopic (exact) mass is 222 g/mol. The molecule has 0 radical (unpaired) electrons. The van der Waals surface area contributed by atoms with Crippen LogP contribution in [0.15, 0.2) is 12.1 Å². The van der Waals surface area contributed by atoms with Crippen LogP contribution in [0.25, 0.3) is 0 Å². The van der Waals surface area contributed by atoms with Gasteiger partial charge in [-0.05, 0) is 31.4 Å². The van der Waals surface area contributed by atoms with Crippen LogP contribution >= 0.6 is 0 Å². The van der Waals surface area contributed by atoms with E-state index in [2.05, 4.69) is 0 Å². The van der Waals surface area contributed by atoms with Crippen molar-refractivity contribution in [1.82, 2.24) is 0 Å². The molecule has 1 aromatic carbocycles. The average molecular weight is 222 g/mol. The highest BCUT2D eigenvalue weighted by Crippen LogP contribution is 2.48. The van der Waals surface area contributed by atoms with Gasteiger partial charge in [0, 0.05) is 11.6 Å². The molecular weight excluding hydrogens is 208 g/mol. The second-order valence-electron chi connectivity index (χ2n) is 4.40. The topological polar surface area (TPSA) is 77.8 Å². The molecule has 3 N–H and O–H groups in total. The molecule has 0 atom stereocenters. The Hall–Kier alpha value is -1.71. The maximum absolute atomic E-state index is 11.3. The number of carboxylic acid groups (broad SMARTS) is 1. The Kier molecular flexibility index (Phi) is 2.30. The van der Waals surface area contributed by atoms with Crippen molar-refractivity contribution in [2.45, 2.75) is 31.6 Å². The Balaban J connectivity index is 2.55. The lowest BCUT2D eigenvalue weighted by Crippen LogP contribution is -2.42. The normalized spacial score (nSPS) is 17.8.